The number of fused-ring (bicyclic) bond motifs is 5. The van der Waals surface area contributed by atoms with E-state index in [1.807, 2.05) is 12.1 Å². The number of aromatic amines is 1. The molecule has 11 heteroatoms. The highest BCUT2D eigenvalue weighted by Crippen LogP contribution is 2.69. The van der Waals surface area contributed by atoms with Crippen LogP contribution in [0.15, 0.2) is 42.5 Å². The third-order valence-corrected chi connectivity index (χ3v) is 9.94. The Bertz CT molecular complexity index is 1670. The van der Waals surface area contributed by atoms with Crippen molar-refractivity contribution in [2.24, 2.45) is 5.41 Å². The standard InChI is InChI=1S/C27H26F2N6O2S/c1-4-38(36,37)14-22-31-25(35-33-22)19-9-6-10-21(30-19)27-12-11-16(26(27,2)3)15-13-20(32-34-24(15)27)23-17(28)7-5-8-18(23)29/h5-10,13,16H,4,11-12,14H2,1-3H3,(H,31,33,35)/t16-,27-/m0/s1. The van der Waals surface area contributed by atoms with Crippen LogP contribution < -0.4 is 0 Å². The van der Waals surface area contributed by atoms with Gasteiger partial charge in [0.25, 0.3) is 0 Å². The third-order valence-electron chi connectivity index (χ3n) is 8.34. The number of pyridine rings is 1. The Hall–Kier alpha value is -3.60. The van der Waals surface area contributed by atoms with Crippen LogP contribution in [0.25, 0.3) is 22.8 Å². The molecule has 196 valence electrons. The normalized spacial score (nSPS) is 21.6. The van der Waals surface area contributed by atoms with Crippen LogP contribution in [-0.4, -0.2) is 44.5 Å². The molecule has 0 spiro atoms. The van der Waals surface area contributed by atoms with E-state index in [-0.39, 0.29) is 39.9 Å². The average Bonchev–Trinajstić information content (AvgIpc) is 3.51. The number of sulfone groups is 1. The molecule has 38 heavy (non-hydrogen) atoms. The van der Waals surface area contributed by atoms with Gasteiger partial charge >= 0.3 is 0 Å². The van der Waals surface area contributed by atoms with Gasteiger partial charge < -0.3 is 0 Å². The topological polar surface area (TPSA) is 114 Å². The van der Waals surface area contributed by atoms with Crippen molar-refractivity contribution in [2.75, 3.05) is 5.75 Å². The molecule has 0 amide bonds. The molecule has 2 aliphatic carbocycles. The number of rotatable bonds is 6. The fourth-order valence-electron chi connectivity index (χ4n) is 6.34. The summed E-state index contributed by atoms with van der Waals surface area (Å²) < 4.78 is 53.1. The number of nitrogens with zero attached hydrogens (tertiary/aromatic N) is 5. The molecule has 2 aliphatic rings. The highest BCUT2D eigenvalue weighted by Gasteiger charge is 2.65. The average molecular weight is 537 g/mol. The zero-order valence-corrected chi connectivity index (χ0v) is 22.0. The summed E-state index contributed by atoms with van der Waals surface area (Å²) in [5, 5.41) is 15.8. The maximum Gasteiger partial charge on any atom is 0.199 e. The Labute approximate surface area is 218 Å². The molecule has 3 heterocycles. The summed E-state index contributed by atoms with van der Waals surface area (Å²) in [4.78, 5) is 9.32. The lowest BCUT2D eigenvalue weighted by atomic mass is 9.66. The lowest BCUT2D eigenvalue weighted by molar-refractivity contribution is 0.243. The van der Waals surface area contributed by atoms with E-state index in [2.05, 4.69) is 39.2 Å². The lowest BCUT2D eigenvalue weighted by Gasteiger charge is -2.37. The zero-order valence-electron chi connectivity index (χ0n) is 21.2. The maximum atomic E-state index is 14.5. The number of H-pyrrole nitrogens is 1. The molecule has 0 saturated heterocycles. The van der Waals surface area contributed by atoms with Gasteiger partial charge in [-0.2, -0.15) is 10.2 Å². The Kier molecular flexibility index (Phi) is 5.50. The minimum absolute atomic E-state index is 0.0151. The first-order chi connectivity index (χ1) is 18.1. The summed E-state index contributed by atoms with van der Waals surface area (Å²) in [7, 11) is -3.27. The Morgan fingerprint density at radius 3 is 2.50 bits per heavy atom. The van der Waals surface area contributed by atoms with E-state index in [0.717, 1.165) is 29.8 Å². The molecule has 0 radical (unpaired) electrons. The molecule has 2 atom stereocenters. The predicted octanol–water partition coefficient (Wildman–Crippen LogP) is 4.74. The summed E-state index contributed by atoms with van der Waals surface area (Å²) in [5.74, 6) is -0.873. The van der Waals surface area contributed by atoms with Crippen LogP contribution in [0, 0.1) is 17.0 Å². The van der Waals surface area contributed by atoms with Gasteiger partial charge in [0.2, 0.25) is 0 Å². The van der Waals surface area contributed by atoms with Crippen molar-refractivity contribution in [3.63, 3.8) is 0 Å². The van der Waals surface area contributed by atoms with Gasteiger partial charge in [-0.25, -0.2) is 27.2 Å². The van der Waals surface area contributed by atoms with Crippen LogP contribution in [0.5, 0.6) is 0 Å². The molecule has 8 nitrogen and oxygen atoms in total. The van der Waals surface area contributed by atoms with E-state index in [9.17, 15) is 17.2 Å². The first-order valence-corrected chi connectivity index (χ1v) is 14.3. The van der Waals surface area contributed by atoms with Crippen LogP contribution in [0.2, 0.25) is 0 Å². The van der Waals surface area contributed by atoms with Gasteiger partial charge in [-0.3, -0.25) is 5.10 Å². The molecule has 0 aliphatic heterocycles. The van der Waals surface area contributed by atoms with Crippen molar-refractivity contribution in [3.8, 4) is 22.8 Å². The first-order valence-electron chi connectivity index (χ1n) is 12.5. The van der Waals surface area contributed by atoms with Crippen LogP contribution in [0.1, 0.15) is 62.3 Å². The van der Waals surface area contributed by atoms with E-state index in [0.29, 0.717) is 11.5 Å². The predicted molar refractivity (Wildman–Crippen MR) is 137 cm³/mol. The fraction of sp³-hybridized carbons (Fsp3) is 0.370. The van der Waals surface area contributed by atoms with Crippen molar-refractivity contribution >= 4 is 9.84 Å². The number of benzene rings is 1. The van der Waals surface area contributed by atoms with Crippen LogP contribution in [0.3, 0.4) is 0 Å². The van der Waals surface area contributed by atoms with Crippen molar-refractivity contribution in [2.45, 2.75) is 50.7 Å². The monoisotopic (exact) mass is 536 g/mol. The van der Waals surface area contributed by atoms with Crippen LogP contribution in [-0.2, 0) is 21.0 Å². The van der Waals surface area contributed by atoms with E-state index < -0.39 is 26.9 Å². The largest absolute Gasteiger partial charge is 0.262 e. The second kappa shape index (κ2) is 8.45. The van der Waals surface area contributed by atoms with Crippen molar-refractivity contribution in [1.82, 2.24) is 30.4 Å². The first kappa shape index (κ1) is 24.7. The number of aromatic nitrogens is 6. The van der Waals surface area contributed by atoms with Gasteiger partial charge in [0.15, 0.2) is 15.7 Å². The molecule has 6 rings (SSSR count). The van der Waals surface area contributed by atoms with Crippen molar-refractivity contribution in [3.05, 3.63) is 76.9 Å². The summed E-state index contributed by atoms with van der Waals surface area (Å²) in [6, 6.07) is 11.1. The van der Waals surface area contributed by atoms with Crippen LogP contribution in [0.4, 0.5) is 8.78 Å². The molecule has 0 unspecified atom stereocenters. The number of hydrogen-bond donors (Lipinski definition) is 1. The molecule has 1 N–H and O–H groups in total. The lowest BCUT2D eigenvalue weighted by Crippen LogP contribution is -2.37. The number of hydrogen-bond acceptors (Lipinski definition) is 7. The smallest absolute Gasteiger partial charge is 0.199 e. The molecule has 4 aromatic rings. The van der Waals surface area contributed by atoms with E-state index in [1.165, 1.54) is 18.2 Å². The molecule has 1 aromatic carbocycles. The van der Waals surface area contributed by atoms with Crippen LogP contribution >= 0.6 is 0 Å². The Morgan fingerprint density at radius 2 is 1.76 bits per heavy atom. The highest BCUT2D eigenvalue weighted by molar-refractivity contribution is 7.90. The van der Waals surface area contributed by atoms with E-state index in [1.54, 1.807) is 19.1 Å². The molecule has 3 aromatic heterocycles. The number of halogens is 2. The minimum atomic E-state index is -3.27. The summed E-state index contributed by atoms with van der Waals surface area (Å²) in [6.07, 6.45) is 1.67. The molecule has 1 fully saturated rings. The fourth-order valence-corrected chi connectivity index (χ4v) is 7.09. The molecule has 2 bridgehead atoms. The van der Waals surface area contributed by atoms with E-state index in [4.69, 9.17) is 4.98 Å². The second-order valence-electron chi connectivity index (χ2n) is 10.5. The second-order valence-corrected chi connectivity index (χ2v) is 12.9. The van der Waals surface area contributed by atoms with Gasteiger partial charge in [-0.1, -0.05) is 32.9 Å². The van der Waals surface area contributed by atoms with E-state index >= 15 is 0 Å². The SMILES string of the molecule is CCS(=O)(=O)Cc1nc(-c2cccc([C@@]34CC[C@@H](c5cc(-c6c(F)cccc6F)nnc53)C4(C)C)n2)n[nH]1. The van der Waals surface area contributed by atoms with Gasteiger partial charge in [-0.15, -0.1) is 5.10 Å². The molecule has 1 saturated carbocycles. The van der Waals surface area contributed by atoms with Gasteiger partial charge in [0.05, 0.1) is 28.1 Å². The third kappa shape index (κ3) is 3.51. The quantitative estimate of drug-likeness (QED) is 0.379. The maximum absolute atomic E-state index is 14.5. The molecular weight excluding hydrogens is 510 g/mol. The molecular formula is C27H26F2N6O2S. The Morgan fingerprint density at radius 1 is 1.03 bits per heavy atom. The van der Waals surface area contributed by atoms with Crippen molar-refractivity contribution < 1.29 is 17.2 Å². The summed E-state index contributed by atoms with van der Waals surface area (Å²) in [6.45, 7) is 5.93. The van der Waals surface area contributed by atoms with Gasteiger partial charge in [0.1, 0.15) is 28.9 Å². The zero-order chi connectivity index (χ0) is 26.9. The highest BCUT2D eigenvalue weighted by atomic mass is 32.2. The van der Waals surface area contributed by atoms with Gasteiger partial charge in [0, 0.05) is 5.75 Å². The Balaban J connectivity index is 1.43. The minimum Gasteiger partial charge on any atom is -0.262 e. The summed E-state index contributed by atoms with van der Waals surface area (Å²) >= 11 is 0. The summed E-state index contributed by atoms with van der Waals surface area (Å²) in [5.41, 5.74) is 2.15. The van der Waals surface area contributed by atoms with Gasteiger partial charge in [-0.05, 0) is 60.1 Å². The van der Waals surface area contributed by atoms with Crippen molar-refractivity contribution in [1.29, 1.82) is 0 Å². The number of nitrogens with one attached hydrogen (secondary N) is 1.